The molecule has 24 heavy (non-hydrogen) atoms. The minimum Gasteiger partial charge on any atom is -0.269 e. The fraction of sp³-hybridized carbons (Fsp3) is 0. The first-order chi connectivity index (χ1) is 11.8. The van der Waals surface area contributed by atoms with Gasteiger partial charge in [-0.2, -0.15) is 0 Å². The van der Waals surface area contributed by atoms with Crippen LogP contribution >= 0.6 is 8.46 Å². The van der Waals surface area contributed by atoms with E-state index in [1.807, 2.05) is 18.2 Å². The molecule has 0 aliphatic heterocycles. The highest BCUT2D eigenvalue weighted by atomic mass is 31.1. The average Bonchev–Trinajstić information content (AvgIpc) is 2.66. The van der Waals surface area contributed by atoms with E-state index in [-0.39, 0.29) is 8.46 Å². The van der Waals surface area contributed by atoms with Gasteiger partial charge in [0.25, 0.3) is 0 Å². The summed E-state index contributed by atoms with van der Waals surface area (Å²) in [7, 11) is 0.0598. The van der Waals surface area contributed by atoms with Gasteiger partial charge in [0.2, 0.25) is 0 Å². The zero-order valence-corrected chi connectivity index (χ0v) is 13.8. The number of hydrogen-bond acceptors (Lipinski definition) is 1. The molecule has 0 heterocycles. The van der Waals surface area contributed by atoms with Crippen molar-refractivity contribution in [1.29, 1.82) is 0 Å². The zero-order valence-electron chi connectivity index (χ0n) is 12.9. The molecule has 0 aliphatic carbocycles. The van der Waals surface area contributed by atoms with E-state index >= 15 is 0 Å². The van der Waals surface area contributed by atoms with Crippen molar-refractivity contribution in [3.63, 3.8) is 0 Å². The van der Waals surface area contributed by atoms with Crippen LogP contribution in [-0.2, 0) is 4.57 Å². The molecule has 1 nitrogen and oxygen atoms in total. The number of rotatable bonds is 2. The Morgan fingerprint density at radius 1 is 0.625 bits per heavy atom. The summed E-state index contributed by atoms with van der Waals surface area (Å²) in [5.74, 6) is 0. The summed E-state index contributed by atoms with van der Waals surface area (Å²) in [6.07, 6.45) is 0. The second kappa shape index (κ2) is 5.12. The molecule has 0 amide bonds. The Morgan fingerprint density at radius 3 is 2.08 bits per heavy atom. The van der Waals surface area contributed by atoms with Crippen molar-refractivity contribution in [2.24, 2.45) is 0 Å². The Kier molecular flexibility index (Phi) is 2.92. The molecule has 0 N–H and O–H groups in total. The molecule has 0 radical (unpaired) electrons. The largest absolute Gasteiger partial charge is 0.269 e. The van der Waals surface area contributed by atoms with E-state index in [1.165, 1.54) is 37.9 Å². The van der Waals surface area contributed by atoms with Gasteiger partial charge in [0.1, 0.15) is 0 Å². The van der Waals surface area contributed by atoms with E-state index in [0.29, 0.717) is 0 Å². The Balaban J connectivity index is 1.95. The second-order valence-electron chi connectivity index (χ2n) is 6.11. The first-order valence-electron chi connectivity index (χ1n) is 7.95. The molecule has 5 aromatic carbocycles. The van der Waals surface area contributed by atoms with E-state index in [9.17, 15) is 4.57 Å². The van der Waals surface area contributed by atoms with Crippen LogP contribution in [0, 0.1) is 0 Å². The van der Waals surface area contributed by atoms with Crippen molar-refractivity contribution in [1.82, 2.24) is 0 Å². The van der Waals surface area contributed by atoms with E-state index in [1.54, 1.807) is 0 Å². The van der Waals surface area contributed by atoms with Gasteiger partial charge in [-0.15, -0.1) is 0 Å². The van der Waals surface area contributed by atoms with Gasteiger partial charge in [0.15, 0.2) is 8.46 Å². The Labute approximate surface area is 141 Å². The fourth-order valence-corrected chi connectivity index (χ4v) is 4.06. The van der Waals surface area contributed by atoms with Crippen LogP contribution in [0.4, 0.5) is 0 Å². The summed E-state index contributed by atoms with van der Waals surface area (Å²) in [4.78, 5) is 0. The number of hydrogen-bond donors (Lipinski definition) is 0. The smallest absolute Gasteiger partial charge is 0.192 e. The maximum absolute atomic E-state index is 11.2. The van der Waals surface area contributed by atoms with E-state index in [4.69, 9.17) is 0 Å². The maximum atomic E-state index is 11.2. The molecule has 0 bridgehead atoms. The minimum atomic E-state index is 0.0598. The van der Waals surface area contributed by atoms with Crippen molar-refractivity contribution in [2.45, 2.75) is 0 Å². The second-order valence-corrected chi connectivity index (χ2v) is 6.81. The van der Waals surface area contributed by atoms with Gasteiger partial charge in [-0.05, 0) is 55.6 Å². The molecule has 0 saturated carbocycles. The molecule has 112 valence electrons. The average molecular weight is 324 g/mol. The van der Waals surface area contributed by atoms with Crippen LogP contribution < -0.4 is 5.30 Å². The highest BCUT2D eigenvalue weighted by Gasteiger charge is 2.11. The summed E-state index contributed by atoms with van der Waals surface area (Å²) in [5, 5.41) is 8.50. The van der Waals surface area contributed by atoms with E-state index in [2.05, 4.69) is 60.7 Å². The lowest BCUT2D eigenvalue weighted by atomic mass is 9.90. The number of benzene rings is 5. The van der Waals surface area contributed by atoms with Gasteiger partial charge >= 0.3 is 0 Å². The summed E-state index contributed by atoms with van der Waals surface area (Å²) >= 11 is 0. The van der Waals surface area contributed by atoms with Gasteiger partial charge in [-0.3, -0.25) is 4.57 Å². The van der Waals surface area contributed by atoms with Crippen molar-refractivity contribution >= 4 is 46.1 Å². The lowest BCUT2D eigenvalue weighted by Gasteiger charge is -2.14. The maximum Gasteiger partial charge on any atom is 0.192 e. The summed E-state index contributed by atoms with van der Waals surface area (Å²) in [6, 6.07) is 27.5. The van der Waals surface area contributed by atoms with Crippen LogP contribution in [0.5, 0.6) is 0 Å². The Morgan fingerprint density at radius 2 is 1.29 bits per heavy atom. The van der Waals surface area contributed by atoms with Crippen LogP contribution in [0.1, 0.15) is 0 Å². The lowest BCUT2D eigenvalue weighted by Crippen LogP contribution is -1.92. The third-order valence-electron chi connectivity index (χ3n) is 4.79. The van der Waals surface area contributed by atoms with Gasteiger partial charge in [-0.25, -0.2) is 0 Å². The summed E-state index contributed by atoms with van der Waals surface area (Å²) in [5.41, 5.74) is 2.29. The highest BCUT2D eigenvalue weighted by molar-refractivity contribution is 7.34. The Bertz CT molecular complexity index is 1210. The quantitative estimate of drug-likeness (QED) is 0.280. The monoisotopic (exact) mass is 324 g/mol. The molecule has 5 aromatic rings. The molecule has 2 heteroatoms. The first kappa shape index (κ1) is 13.7. The predicted molar refractivity (Wildman–Crippen MR) is 103 cm³/mol. The van der Waals surface area contributed by atoms with Crippen LogP contribution in [0.25, 0.3) is 43.4 Å². The third-order valence-corrected chi connectivity index (χ3v) is 5.28. The highest BCUT2D eigenvalue weighted by Crippen LogP contribution is 2.38. The fourth-order valence-electron chi connectivity index (χ4n) is 3.72. The molecular formula is C22H13OP. The van der Waals surface area contributed by atoms with Gasteiger partial charge in [-0.1, -0.05) is 66.7 Å². The summed E-state index contributed by atoms with van der Waals surface area (Å²) < 4.78 is 11.2. The van der Waals surface area contributed by atoms with E-state index in [0.717, 1.165) is 10.9 Å². The lowest BCUT2D eigenvalue weighted by molar-refractivity contribution is 0.603. The van der Waals surface area contributed by atoms with Crippen molar-refractivity contribution in [2.75, 3.05) is 0 Å². The van der Waals surface area contributed by atoms with Gasteiger partial charge in [0, 0.05) is 5.30 Å². The molecule has 5 rings (SSSR count). The van der Waals surface area contributed by atoms with Crippen LogP contribution in [-0.4, -0.2) is 0 Å². The molecular weight excluding hydrogens is 311 g/mol. The molecule has 0 aliphatic rings. The SMILES string of the molecule is O=Pc1cccc(-c2ccc3ccc4cccc5ccc2c3c45)c1. The van der Waals surface area contributed by atoms with Gasteiger partial charge < -0.3 is 0 Å². The molecule has 0 unspecified atom stereocenters. The standard InChI is InChI=1S/C22H13OP/c23-24-18-6-2-5-17(13-18)19-11-9-16-8-7-14-3-1-4-15-10-12-20(19)22(16)21(14)15/h1-13H. The molecule has 0 spiro atoms. The summed E-state index contributed by atoms with van der Waals surface area (Å²) in [6.45, 7) is 0. The zero-order chi connectivity index (χ0) is 16.1. The topological polar surface area (TPSA) is 17.1 Å². The molecule has 0 aromatic heterocycles. The van der Waals surface area contributed by atoms with Crippen LogP contribution in [0.15, 0.2) is 78.9 Å². The molecule has 0 fully saturated rings. The third kappa shape index (κ3) is 1.89. The normalized spacial score (nSPS) is 11.8. The predicted octanol–water partition coefficient (Wildman–Crippen LogP) is 6.17. The van der Waals surface area contributed by atoms with Crippen molar-refractivity contribution < 1.29 is 4.57 Å². The van der Waals surface area contributed by atoms with Gasteiger partial charge in [0.05, 0.1) is 0 Å². The van der Waals surface area contributed by atoms with Crippen LogP contribution in [0.3, 0.4) is 0 Å². The minimum absolute atomic E-state index is 0.0598. The Hall–Kier alpha value is -2.76. The molecule has 0 saturated heterocycles. The first-order valence-corrected chi connectivity index (χ1v) is 8.77. The van der Waals surface area contributed by atoms with Crippen LogP contribution in [0.2, 0.25) is 0 Å². The van der Waals surface area contributed by atoms with E-state index < -0.39 is 0 Å². The van der Waals surface area contributed by atoms with Crippen molar-refractivity contribution in [3.05, 3.63) is 78.9 Å². The molecule has 0 atom stereocenters. The van der Waals surface area contributed by atoms with Crippen molar-refractivity contribution in [3.8, 4) is 11.1 Å².